The predicted molar refractivity (Wildman–Crippen MR) is 82.9 cm³/mol. The Balaban J connectivity index is 2.83. The predicted octanol–water partition coefficient (Wildman–Crippen LogP) is 1.64. The Hall–Kier alpha value is -1.88. The van der Waals surface area contributed by atoms with Crippen molar-refractivity contribution in [3.8, 4) is 5.75 Å². The van der Waals surface area contributed by atoms with Gasteiger partial charge in [0.2, 0.25) is 5.91 Å². The number of ether oxygens (including phenoxy) is 1. The number of carbonyl (C=O) groups excluding carboxylic acids is 2. The minimum Gasteiger partial charge on any atom is -0.496 e. The Bertz CT molecular complexity index is 500. The molecule has 5 nitrogen and oxygen atoms in total. The smallest absolute Gasteiger partial charge is 0.233 e. The van der Waals surface area contributed by atoms with Crippen molar-refractivity contribution in [3.05, 3.63) is 29.3 Å². The highest BCUT2D eigenvalue weighted by molar-refractivity contribution is 6.00. The summed E-state index contributed by atoms with van der Waals surface area (Å²) in [7, 11) is 3.15. The molecule has 0 radical (unpaired) electrons. The molecule has 0 fully saturated rings. The zero-order valence-electron chi connectivity index (χ0n) is 13.2. The van der Waals surface area contributed by atoms with Gasteiger partial charge < -0.3 is 10.1 Å². The SMILES string of the molecule is CCCN(CC(=O)NC)CC(=O)c1ccc(C)cc1OC. The fourth-order valence-corrected chi connectivity index (χ4v) is 2.13. The molecule has 0 atom stereocenters. The maximum atomic E-state index is 12.4. The Labute approximate surface area is 126 Å². The van der Waals surface area contributed by atoms with E-state index in [9.17, 15) is 9.59 Å². The molecule has 1 aromatic carbocycles. The molecule has 116 valence electrons. The van der Waals surface area contributed by atoms with Crippen LogP contribution in [0.5, 0.6) is 5.75 Å². The molecular formula is C16H24N2O3. The van der Waals surface area contributed by atoms with Gasteiger partial charge in [0, 0.05) is 7.05 Å². The average Bonchev–Trinajstić information content (AvgIpc) is 2.46. The summed E-state index contributed by atoms with van der Waals surface area (Å²) in [5.74, 6) is 0.452. The summed E-state index contributed by atoms with van der Waals surface area (Å²) in [5, 5.41) is 2.58. The van der Waals surface area contributed by atoms with Gasteiger partial charge in [-0.3, -0.25) is 14.5 Å². The number of aryl methyl sites for hydroxylation is 1. The van der Waals surface area contributed by atoms with Crippen LogP contribution in [0.2, 0.25) is 0 Å². The normalized spacial score (nSPS) is 10.5. The summed E-state index contributed by atoms with van der Waals surface area (Å²) < 4.78 is 5.27. The molecule has 5 heteroatoms. The van der Waals surface area contributed by atoms with E-state index in [4.69, 9.17) is 4.74 Å². The third-order valence-electron chi connectivity index (χ3n) is 3.21. The molecule has 1 N–H and O–H groups in total. The van der Waals surface area contributed by atoms with E-state index in [-0.39, 0.29) is 24.8 Å². The van der Waals surface area contributed by atoms with Crippen molar-refractivity contribution < 1.29 is 14.3 Å². The van der Waals surface area contributed by atoms with E-state index < -0.39 is 0 Å². The van der Waals surface area contributed by atoms with Crippen LogP contribution >= 0.6 is 0 Å². The maximum Gasteiger partial charge on any atom is 0.233 e. The molecule has 0 bridgehead atoms. The number of Topliss-reactive ketones (excluding diaryl/α,β-unsaturated/α-hetero) is 1. The second-order valence-corrected chi connectivity index (χ2v) is 5.01. The number of carbonyl (C=O) groups is 2. The van der Waals surface area contributed by atoms with Gasteiger partial charge >= 0.3 is 0 Å². The minimum atomic E-state index is -0.0906. The fraction of sp³-hybridized carbons (Fsp3) is 0.500. The number of hydrogen-bond donors (Lipinski definition) is 1. The highest BCUT2D eigenvalue weighted by Crippen LogP contribution is 2.20. The van der Waals surface area contributed by atoms with Gasteiger partial charge in [-0.15, -0.1) is 0 Å². The average molecular weight is 292 g/mol. The summed E-state index contributed by atoms with van der Waals surface area (Å²) in [6.07, 6.45) is 0.884. The second kappa shape index (κ2) is 8.42. The Morgan fingerprint density at radius 2 is 2.00 bits per heavy atom. The largest absolute Gasteiger partial charge is 0.496 e. The van der Waals surface area contributed by atoms with Gasteiger partial charge in [-0.05, 0) is 37.6 Å². The summed E-state index contributed by atoms with van der Waals surface area (Å²) >= 11 is 0. The third-order valence-corrected chi connectivity index (χ3v) is 3.21. The first-order valence-electron chi connectivity index (χ1n) is 7.12. The van der Waals surface area contributed by atoms with Crippen molar-refractivity contribution >= 4 is 11.7 Å². The van der Waals surface area contributed by atoms with Gasteiger partial charge in [0.05, 0.1) is 25.8 Å². The van der Waals surface area contributed by atoms with E-state index in [1.807, 2.05) is 30.9 Å². The molecule has 0 heterocycles. The van der Waals surface area contributed by atoms with Crippen LogP contribution in [0.3, 0.4) is 0 Å². The molecular weight excluding hydrogens is 268 g/mol. The zero-order chi connectivity index (χ0) is 15.8. The van der Waals surface area contributed by atoms with Crippen molar-refractivity contribution in [2.75, 3.05) is 33.8 Å². The maximum absolute atomic E-state index is 12.4. The molecule has 0 aliphatic carbocycles. The van der Waals surface area contributed by atoms with Crippen LogP contribution in [-0.4, -0.2) is 50.4 Å². The van der Waals surface area contributed by atoms with E-state index >= 15 is 0 Å². The fourth-order valence-electron chi connectivity index (χ4n) is 2.13. The lowest BCUT2D eigenvalue weighted by atomic mass is 10.1. The van der Waals surface area contributed by atoms with E-state index in [0.29, 0.717) is 17.9 Å². The number of methoxy groups -OCH3 is 1. The first-order valence-corrected chi connectivity index (χ1v) is 7.12. The standard InChI is InChI=1S/C16H24N2O3/c1-5-8-18(11-16(20)17-3)10-14(19)13-7-6-12(2)9-15(13)21-4/h6-7,9H,5,8,10-11H2,1-4H3,(H,17,20). The summed E-state index contributed by atoms with van der Waals surface area (Å²) in [4.78, 5) is 25.8. The molecule has 1 aromatic rings. The number of hydrogen-bond acceptors (Lipinski definition) is 4. The number of rotatable bonds is 8. The van der Waals surface area contributed by atoms with Crippen LogP contribution in [0, 0.1) is 6.92 Å². The second-order valence-electron chi connectivity index (χ2n) is 5.01. The van der Waals surface area contributed by atoms with Gasteiger partial charge in [-0.1, -0.05) is 13.0 Å². The van der Waals surface area contributed by atoms with Gasteiger partial charge in [-0.25, -0.2) is 0 Å². The molecule has 0 unspecified atom stereocenters. The van der Waals surface area contributed by atoms with Gasteiger partial charge in [0.1, 0.15) is 5.75 Å². The van der Waals surface area contributed by atoms with Crippen molar-refractivity contribution in [1.29, 1.82) is 0 Å². The quantitative estimate of drug-likeness (QED) is 0.740. The van der Waals surface area contributed by atoms with Crippen LogP contribution in [0.15, 0.2) is 18.2 Å². The summed E-state index contributed by atoms with van der Waals surface area (Å²) in [6.45, 7) is 5.11. The number of amides is 1. The van der Waals surface area contributed by atoms with Crippen LogP contribution < -0.4 is 10.1 Å². The first kappa shape index (κ1) is 17.2. The Morgan fingerprint density at radius 3 is 2.57 bits per heavy atom. The summed E-state index contributed by atoms with van der Waals surface area (Å²) in [5.41, 5.74) is 1.60. The monoisotopic (exact) mass is 292 g/mol. The van der Waals surface area contributed by atoms with E-state index in [1.165, 1.54) is 0 Å². The minimum absolute atomic E-state index is 0.0378. The van der Waals surface area contributed by atoms with E-state index in [1.54, 1.807) is 20.2 Å². The third kappa shape index (κ3) is 5.19. The molecule has 0 saturated heterocycles. The number of ketones is 1. The van der Waals surface area contributed by atoms with Crippen LogP contribution in [0.25, 0.3) is 0 Å². The van der Waals surface area contributed by atoms with Gasteiger partial charge in [0.25, 0.3) is 0 Å². The molecule has 0 aliphatic heterocycles. The van der Waals surface area contributed by atoms with E-state index in [0.717, 1.165) is 12.0 Å². The van der Waals surface area contributed by atoms with Crippen molar-refractivity contribution in [1.82, 2.24) is 10.2 Å². The van der Waals surface area contributed by atoms with Crippen LogP contribution in [-0.2, 0) is 4.79 Å². The molecule has 1 rings (SSSR count). The first-order chi connectivity index (χ1) is 10.0. The number of nitrogens with zero attached hydrogens (tertiary/aromatic N) is 1. The van der Waals surface area contributed by atoms with E-state index in [2.05, 4.69) is 5.32 Å². The molecule has 1 amide bonds. The van der Waals surface area contributed by atoms with Crippen LogP contribution in [0.4, 0.5) is 0 Å². The van der Waals surface area contributed by atoms with Gasteiger partial charge in [-0.2, -0.15) is 0 Å². The van der Waals surface area contributed by atoms with Crippen LogP contribution in [0.1, 0.15) is 29.3 Å². The highest BCUT2D eigenvalue weighted by Gasteiger charge is 2.17. The Kier molecular flexibility index (Phi) is 6.88. The number of nitrogens with one attached hydrogen (secondary N) is 1. The number of likely N-dealkylation sites (N-methyl/N-ethyl adjacent to an activating group) is 1. The highest BCUT2D eigenvalue weighted by atomic mass is 16.5. The Morgan fingerprint density at radius 1 is 1.29 bits per heavy atom. The number of benzene rings is 1. The van der Waals surface area contributed by atoms with Gasteiger partial charge in [0.15, 0.2) is 5.78 Å². The molecule has 0 spiro atoms. The molecule has 0 aliphatic rings. The lowest BCUT2D eigenvalue weighted by Gasteiger charge is -2.20. The van der Waals surface area contributed by atoms with Crippen molar-refractivity contribution in [3.63, 3.8) is 0 Å². The summed E-state index contributed by atoms with van der Waals surface area (Å²) in [6, 6.07) is 5.51. The molecule has 21 heavy (non-hydrogen) atoms. The topological polar surface area (TPSA) is 58.6 Å². The lowest BCUT2D eigenvalue weighted by molar-refractivity contribution is -0.121. The molecule has 0 aromatic heterocycles. The van der Waals surface area contributed by atoms with Crippen molar-refractivity contribution in [2.24, 2.45) is 0 Å². The van der Waals surface area contributed by atoms with Crippen molar-refractivity contribution in [2.45, 2.75) is 20.3 Å². The molecule has 0 saturated carbocycles. The lowest BCUT2D eigenvalue weighted by Crippen LogP contribution is -2.39. The zero-order valence-corrected chi connectivity index (χ0v) is 13.2.